The van der Waals surface area contributed by atoms with Crippen molar-refractivity contribution in [2.24, 2.45) is 0 Å². The van der Waals surface area contributed by atoms with Gasteiger partial charge in [-0.2, -0.15) is 5.26 Å². The Morgan fingerprint density at radius 3 is 2.92 bits per heavy atom. The van der Waals surface area contributed by atoms with Gasteiger partial charge >= 0.3 is 0 Å². The highest BCUT2D eigenvalue weighted by atomic mass is 16.5. The van der Waals surface area contributed by atoms with Gasteiger partial charge in [-0.1, -0.05) is 18.2 Å². The van der Waals surface area contributed by atoms with Gasteiger partial charge in [0.25, 0.3) is 5.91 Å². The molecule has 0 spiro atoms. The second kappa shape index (κ2) is 6.84. The third-order valence-corrected chi connectivity index (χ3v) is 3.65. The number of carbonyl (C=O) groups excluding carboxylic acids is 2. The number of ether oxygens (including phenoxy) is 1. The molecule has 3 rings (SSSR count). The molecule has 6 heteroatoms. The summed E-state index contributed by atoms with van der Waals surface area (Å²) in [6.45, 7) is 0.242. The molecule has 1 aliphatic rings. The van der Waals surface area contributed by atoms with Crippen LogP contribution in [0.4, 0.5) is 11.4 Å². The molecule has 2 aromatic carbocycles. The molecule has 0 unspecified atom stereocenters. The first-order valence-corrected chi connectivity index (χ1v) is 7.49. The second-order valence-electron chi connectivity index (χ2n) is 5.29. The van der Waals surface area contributed by atoms with Crippen LogP contribution in [0.15, 0.2) is 48.5 Å². The molecule has 1 heterocycles. The summed E-state index contributed by atoms with van der Waals surface area (Å²) >= 11 is 0. The smallest absolute Gasteiger partial charge is 0.265 e. The summed E-state index contributed by atoms with van der Waals surface area (Å²) in [6, 6.07) is 16.0. The molecule has 1 aliphatic heterocycles. The van der Waals surface area contributed by atoms with Crippen molar-refractivity contribution in [1.29, 1.82) is 5.26 Å². The molecule has 0 bridgehead atoms. The number of amides is 2. The van der Waals surface area contributed by atoms with Crippen LogP contribution in [-0.4, -0.2) is 25.0 Å². The van der Waals surface area contributed by atoms with Gasteiger partial charge in [-0.25, -0.2) is 0 Å². The van der Waals surface area contributed by atoms with Crippen LogP contribution in [-0.2, 0) is 9.59 Å². The van der Waals surface area contributed by atoms with Gasteiger partial charge in [0.05, 0.1) is 17.3 Å². The summed E-state index contributed by atoms with van der Waals surface area (Å²) in [5.41, 5.74) is 1.71. The molecular weight excluding hydrogens is 306 g/mol. The lowest BCUT2D eigenvalue weighted by molar-refractivity contribution is -0.121. The van der Waals surface area contributed by atoms with Crippen LogP contribution in [0.5, 0.6) is 5.75 Å². The average molecular weight is 321 g/mol. The highest BCUT2D eigenvalue weighted by Crippen LogP contribution is 2.31. The van der Waals surface area contributed by atoms with E-state index in [9.17, 15) is 9.59 Å². The number of benzene rings is 2. The van der Waals surface area contributed by atoms with Gasteiger partial charge in [-0.3, -0.25) is 9.59 Å². The molecule has 0 aromatic heterocycles. The van der Waals surface area contributed by atoms with E-state index in [1.165, 1.54) is 0 Å². The Kier molecular flexibility index (Phi) is 4.43. The monoisotopic (exact) mass is 321 g/mol. The Morgan fingerprint density at radius 1 is 1.25 bits per heavy atom. The number of nitrogens with zero attached hydrogens (tertiary/aromatic N) is 2. The maximum atomic E-state index is 12.1. The van der Waals surface area contributed by atoms with Gasteiger partial charge in [0.15, 0.2) is 6.61 Å². The highest BCUT2D eigenvalue weighted by molar-refractivity contribution is 5.99. The second-order valence-corrected chi connectivity index (χ2v) is 5.29. The number of carbonyl (C=O) groups is 2. The SMILES string of the molecule is N#Cc1cccc(NC(=O)CCN2C(=O)COc3ccccc32)c1. The van der Waals surface area contributed by atoms with Crippen LogP contribution in [0.2, 0.25) is 0 Å². The fraction of sp³-hybridized carbons (Fsp3) is 0.167. The van der Waals surface area contributed by atoms with Crippen molar-refractivity contribution in [2.75, 3.05) is 23.4 Å². The highest BCUT2D eigenvalue weighted by Gasteiger charge is 2.25. The van der Waals surface area contributed by atoms with E-state index in [0.717, 1.165) is 0 Å². The standard InChI is InChI=1S/C18H15N3O3/c19-11-13-4-3-5-14(10-13)20-17(22)8-9-21-15-6-1-2-7-16(15)24-12-18(21)23/h1-7,10H,8-9,12H2,(H,20,22). The first-order valence-electron chi connectivity index (χ1n) is 7.49. The van der Waals surface area contributed by atoms with Crippen molar-refractivity contribution in [3.63, 3.8) is 0 Å². The minimum absolute atomic E-state index is 0.0250. The van der Waals surface area contributed by atoms with E-state index in [1.807, 2.05) is 18.2 Å². The first kappa shape index (κ1) is 15.6. The fourth-order valence-electron chi connectivity index (χ4n) is 2.50. The van der Waals surface area contributed by atoms with Crippen LogP contribution < -0.4 is 15.0 Å². The predicted octanol–water partition coefficient (Wildman–Crippen LogP) is 2.31. The molecule has 2 aromatic rings. The number of hydrogen-bond acceptors (Lipinski definition) is 4. The third-order valence-electron chi connectivity index (χ3n) is 3.65. The minimum atomic E-state index is -0.220. The molecule has 24 heavy (non-hydrogen) atoms. The van der Waals surface area contributed by atoms with Crippen LogP contribution in [0.25, 0.3) is 0 Å². The van der Waals surface area contributed by atoms with Crippen LogP contribution in [0.3, 0.4) is 0 Å². The Bertz CT molecular complexity index is 826. The van der Waals surface area contributed by atoms with Crippen molar-refractivity contribution in [3.8, 4) is 11.8 Å². The predicted molar refractivity (Wildman–Crippen MR) is 88.7 cm³/mol. The van der Waals surface area contributed by atoms with E-state index < -0.39 is 0 Å². The zero-order chi connectivity index (χ0) is 16.9. The molecule has 6 nitrogen and oxygen atoms in total. The molecule has 0 aliphatic carbocycles. The summed E-state index contributed by atoms with van der Waals surface area (Å²) in [6.07, 6.45) is 0.150. The lowest BCUT2D eigenvalue weighted by Crippen LogP contribution is -2.40. The third kappa shape index (κ3) is 3.36. The average Bonchev–Trinajstić information content (AvgIpc) is 2.61. The van der Waals surface area contributed by atoms with E-state index in [2.05, 4.69) is 5.32 Å². The van der Waals surface area contributed by atoms with Gasteiger partial charge in [-0.05, 0) is 30.3 Å². The summed E-state index contributed by atoms with van der Waals surface area (Å²) in [4.78, 5) is 25.7. The van der Waals surface area contributed by atoms with Gasteiger partial charge < -0.3 is 15.0 Å². The van der Waals surface area contributed by atoms with Gasteiger partial charge in [0.1, 0.15) is 5.75 Å². The molecule has 0 saturated heterocycles. The van der Waals surface area contributed by atoms with E-state index in [1.54, 1.807) is 41.3 Å². The number of fused-ring (bicyclic) bond motifs is 1. The van der Waals surface area contributed by atoms with E-state index in [4.69, 9.17) is 10.00 Å². The summed E-state index contributed by atoms with van der Waals surface area (Å²) in [7, 11) is 0. The van der Waals surface area contributed by atoms with Crippen molar-refractivity contribution in [2.45, 2.75) is 6.42 Å². The molecule has 1 N–H and O–H groups in total. The first-order chi connectivity index (χ1) is 11.7. The van der Waals surface area contributed by atoms with Gasteiger partial charge in [0.2, 0.25) is 5.91 Å². The van der Waals surface area contributed by atoms with E-state index in [-0.39, 0.29) is 31.4 Å². The van der Waals surface area contributed by atoms with Crippen molar-refractivity contribution in [1.82, 2.24) is 0 Å². The Hall–Kier alpha value is -3.33. The molecule has 2 amide bonds. The lowest BCUT2D eigenvalue weighted by Gasteiger charge is -2.29. The van der Waals surface area contributed by atoms with E-state index in [0.29, 0.717) is 22.7 Å². The Balaban J connectivity index is 1.64. The van der Waals surface area contributed by atoms with Crippen LogP contribution in [0.1, 0.15) is 12.0 Å². The number of nitrogens with one attached hydrogen (secondary N) is 1. The number of para-hydroxylation sites is 2. The van der Waals surface area contributed by atoms with Crippen molar-refractivity contribution < 1.29 is 14.3 Å². The lowest BCUT2D eigenvalue weighted by atomic mass is 10.2. The van der Waals surface area contributed by atoms with Crippen LogP contribution >= 0.6 is 0 Å². The molecular formula is C18H15N3O3. The summed E-state index contributed by atoms with van der Waals surface area (Å²) < 4.78 is 5.37. The minimum Gasteiger partial charge on any atom is -0.482 e. The number of nitriles is 1. The number of hydrogen-bond donors (Lipinski definition) is 1. The maximum Gasteiger partial charge on any atom is 0.265 e. The molecule has 0 radical (unpaired) electrons. The van der Waals surface area contributed by atoms with Gasteiger partial charge in [-0.15, -0.1) is 0 Å². The number of rotatable bonds is 4. The zero-order valence-electron chi connectivity index (χ0n) is 12.9. The fourth-order valence-corrected chi connectivity index (χ4v) is 2.50. The Labute approximate surface area is 139 Å². The quantitative estimate of drug-likeness (QED) is 0.937. The van der Waals surface area contributed by atoms with E-state index >= 15 is 0 Å². The summed E-state index contributed by atoms with van der Waals surface area (Å²) in [5, 5.41) is 11.6. The largest absolute Gasteiger partial charge is 0.482 e. The zero-order valence-corrected chi connectivity index (χ0v) is 12.9. The molecule has 0 atom stereocenters. The Morgan fingerprint density at radius 2 is 2.08 bits per heavy atom. The maximum absolute atomic E-state index is 12.1. The van der Waals surface area contributed by atoms with Crippen molar-refractivity contribution in [3.05, 3.63) is 54.1 Å². The summed E-state index contributed by atoms with van der Waals surface area (Å²) in [5.74, 6) is 0.245. The normalized spacial score (nSPS) is 12.8. The van der Waals surface area contributed by atoms with Crippen molar-refractivity contribution >= 4 is 23.2 Å². The topological polar surface area (TPSA) is 82.4 Å². The van der Waals surface area contributed by atoms with Gasteiger partial charge in [0, 0.05) is 18.7 Å². The molecule has 0 saturated carbocycles. The molecule has 120 valence electrons. The van der Waals surface area contributed by atoms with Crippen LogP contribution in [0, 0.1) is 11.3 Å². The molecule has 0 fully saturated rings. The number of anilines is 2.